The molecule has 2 N–H and O–H groups in total. The van der Waals surface area contributed by atoms with Gasteiger partial charge in [-0.2, -0.15) is 5.10 Å². The highest BCUT2D eigenvalue weighted by atomic mass is 16.2. The summed E-state index contributed by atoms with van der Waals surface area (Å²) in [7, 11) is 1.45. The lowest BCUT2D eigenvalue weighted by molar-refractivity contribution is 0.220. The average Bonchev–Trinajstić information content (AvgIpc) is 2.15. The topological polar surface area (TPSA) is 84.5 Å². The van der Waals surface area contributed by atoms with E-state index in [4.69, 9.17) is 5.73 Å². The van der Waals surface area contributed by atoms with Gasteiger partial charge in [0.15, 0.2) is 0 Å². The molecule has 13 heavy (non-hydrogen) atoms. The number of urea groups is 1. The maximum atomic E-state index is 10.5. The first-order valence-corrected chi connectivity index (χ1v) is 3.53. The summed E-state index contributed by atoms with van der Waals surface area (Å²) in [5.74, 6) is 0. The van der Waals surface area contributed by atoms with Gasteiger partial charge in [0.1, 0.15) is 5.69 Å². The van der Waals surface area contributed by atoms with Crippen LogP contribution in [0.1, 0.15) is 5.69 Å². The molecule has 0 fully saturated rings. The van der Waals surface area contributed by atoms with Gasteiger partial charge in [-0.25, -0.2) is 9.80 Å². The summed E-state index contributed by atoms with van der Waals surface area (Å²) in [5.41, 5.74) is 5.50. The number of carbonyl (C=O) groups is 1. The number of amides is 2. The van der Waals surface area contributed by atoms with Crippen LogP contribution in [0, 0.1) is 0 Å². The molecule has 1 rings (SSSR count). The Labute approximate surface area is 75.1 Å². The van der Waals surface area contributed by atoms with Crippen molar-refractivity contribution in [2.24, 2.45) is 10.8 Å². The predicted octanol–water partition coefficient (Wildman–Crippen LogP) is -0.179. The van der Waals surface area contributed by atoms with E-state index in [1.807, 2.05) is 0 Å². The highest BCUT2D eigenvalue weighted by Gasteiger charge is 1.97. The van der Waals surface area contributed by atoms with Crippen molar-refractivity contribution in [3.05, 3.63) is 24.3 Å². The summed E-state index contributed by atoms with van der Waals surface area (Å²) in [5, 5.41) is 4.73. The lowest BCUT2D eigenvalue weighted by Crippen LogP contribution is -2.27. The highest BCUT2D eigenvalue weighted by molar-refractivity contribution is 5.78. The normalized spacial score (nSPS) is 10.2. The third kappa shape index (κ3) is 2.86. The van der Waals surface area contributed by atoms with Gasteiger partial charge in [-0.15, -0.1) is 0 Å². The van der Waals surface area contributed by atoms with Crippen molar-refractivity contribution in [3.8, 4) is 0 Å². The number of primary amides is 1. The minimum absolute atomic E-state index is 0.565. The van der Waals surface area contributed by atoms with E-state index < -0.39 is 6.03 Å². The average molecular weight is 179 g/mol. The molecule has 0 unspecified atom stereocenters. The Morgan fingerprint density at radius 1 is 1.69 bits per heavy atom. The fourth-order valence-electron chi connectivity index (χ4n) is 0.580. The standard InChI is InChI=1S/C7H9N5O/c1-12(7(8)13)11-5-6-4-9-2-3-10-6/h2-5H,1H3,(H2,8,13)/b11-5+. The lowest BCUT2D eigenvalue weighted by atomic mass is 10.5. The van der Waals surface area contributed by atoms with Crippen molar-refractivity contribution in [2.75, 3.05) is 7.05 Å². The molecule has 6 nitrogen and oxygen atoms in total. The Morgan fingerprint density at radius 3 is 3.00 bits per heavy atom. The molecule has 0 aliphatic heterocycles. The molecular formula is C7H9N5O. The predicted molar refractivity (Wildman–Crippen MR) is 47.0 cm³/mol. The van der Waals surface area contributed by atoms with Gasteiger partial charge in [0, 0.05) is 19.4 Å². The van der Waals surface area contributed by atoms with E-state index in [0.29, 0.717) is 5.69 Å². The quantitative estimate of drug-likeness (QED) is 0.505. The third-order valence-corrected chi connectivity index (χ3v) is 1.27. The van der Waals surface area contributed by atoms with Gasteiger partial charge >= 0.3 is 6.03 Å². The largest absolute Gasteiger partial charge is 0.350 e. The van der Waals surface area contributed by atoms with Gasteiger partial charge in [0.05, 0.1) is 12.4 Å². The molecule has 2 amide bonds. The number of nitrogens with zero attached hydrogens (tertiary/aromatic N) is 4. The van der Waals surface area contributed by atoms with Crippen LogP contribution in [0.15, 0.2) is 23.7 Å². The van der Waals surface area contributed by atoms with Gasteiger partial charge in [-0.1, -0.05) is 0 Å². The molecule has 1 heterocycles. The van der Waals surface area contributed by atoms with E-state index in [0.717, 1.165) is 5.01 Å². The van der Waals surface area contributed by atoms with Gasteiger partial charge in [0.2, 0.25) is 0 Å². The molecule has 0 spiro atoms. The van der Waals surface area contributed by atoms with Gasteiger partial charge in [0.25, 0.3) is 0 Å². The first-order valence-electron chi connectivity index (χ1n) is 3.53. The van der Waals surface area contributed by atoms with Crippen LogP contribution in [0.2, 0.25) is 0 Å². The van der Waals surface area contributed by atoms with Gasteiger partial charge < -0.3 is 5.73 Å². The second-order valence-corrected chi connectivity index (χ2v) is 2.24. The molecule has 0 radical (unpaired) electrons. The van der Waals surface area contributed by atoms with Crippen molar-refractivity contribution in [1.29, 1.82) is 0 Å². The number of carbonyl (C=O) groups excluding carboxylic acids is 1. The van der Waals surface area contributed by atoms with E-state index in [-0.39, 0.29) is 0 Å². The zero-order valence-electron chi connectivity index (χ0n) is 7.08. The molecule has 0 atom stereocenters. The maximum Gasteiger partial charge on any atom is 0.334 e. The fourth-order valence-corrected chi connectivity index (χ4v) is 0.580. The first-order chi connectivity index (χ1) is 6.20. The molecule has 0 aliphatic rings. The zero-order valence-corrected chi connectivity index (χ0v) is 7.08. The van der Waals surface area contributed by atoms with Crippen molar-refractivity contribution < 1.29 is 4.79 Å². The van der Waals surface area contributed by atoms with Gasteiger partial charge in [-0.3, -0.25) is 9.97 Å². The molecule has 0 saturated heterocycles. The number of aromatic nitrogens is 2. The summed E-state index contributed by atoms with van der Waals surface area (Å²) in [4.78, 5) is 18.3. The van der Waals surface area contributed by atoms with E-state index in [1.165, 1.54) is 25.7 Å². The first kappa shape index (κ1) is 9.11. The van der Waals surface area contributed by atoms with Crippen LogP contribution in [-0.4, -0.2) is 34.3 Å². The summed E-state index contributed by atoms with van der Waals surface area (Å²) in [6.07, 6.45) is 6.01. The van der Waals surface area contributed by atoms with Gasteiger partial charge in [-0.05, 0) is 0 Å². The van der Waals surface area contributed by atoms with Crippen LogP contribution < -0.4 is 5.73 Å². The lowest BCUT2D eigenvalue weighted by Gasteiger charge is -2.04. The van der Waals surface area contributed by atoms with Crippen LogP contribution in [0.5, 0.6) is 0 Å². The third-order valence-electron chi connectivity index (χ3n) is 1.27. The fraction of sp³-hybridized carbons (Fsp3) is 0.143. The zero-order chi connectivity index (χ0) is 9.68. The summed E-state index contributed by atoms with van der Waals surface area (Å²) >= 11 is 0. The van der Waals surface area contributed by atoms with Crippen molar-refractivity contribution in [2.45, 2.75) is 0 Å². The van der Waals surface area contributed by atoms with E-state index in [2.05, 4.69) is 15.1 Å². The smallest absolute Gasteiger partial charge is 0.334 e. The molecule has 1 aromatic rings. The summed E-state index contributed by atoms with van der Waals surface area (Å²) in [6.45, 7) is 0. The molecule has 6 heteroatoms. The van der Waals surface area contributed by atoms with Crippen LogP contribution in [-0.2, 0) is 0 Å². The Kier molecular flexibility index (Phi) is 2.91. The summed E-state index contributed by atoms with van der Waals surface area (Å²) < 4.78 is 0. The Balaban J connectivity index is 2.64. The van der Waals surface area contributed by atoms with Crippen molar-refractivity contribution >= 4 is 12.2 Å². The Morgan fingerprint density at radius 2 is 2.46 bits per heavy atom. The molecule has 68 valence electrons. The second-order valence-electron chi connectivity index (χ2n) is 2.24. The second kappa shape index (κ2) is 4.15. The van der Waals surface area contributed by atoms with Crippen LogP contribution >= 0.6 is 0 Å². The summed E-state index contributed by atoms with van der Waals surface area (Å²) in [6, 6.07) is -0.625. The number of hydrazone groups is 1. The molecule has 1 aromatic heterocycles. The van der Waals surface area contributed by atoms with E-state index in [9.17, 15) is 4.79 Å². The number of hydrogen-bond donors (Lipinski definition) is 1. The SMILES string of the molecule is CN(/N=C/c1cnccn1)C(N)=O. The Hall–Kier alpha value is -1.98. The minimum Gasteiger partial charge on any atom is -0.350 e. The van der Waals surface area contributed by atoms with E-state index in [1.54, 1.807) is 6.20 Å². The monoisotopic (exact) mass is 179 g/mol. The van der Waals surface area contributed by atoms with Crippen LogP contribution in [0.4, 0.5) is 4.79 Å². The molecule has 0 aliphatic carbocycles. The molecule has 0 aromatic carbocycles. The molecule has 0 bridgehead atoms. The molecular weight excluding hydrogens is 170 g/mol. The van der Waals surface area contributed by atoms with E-state index >= 15 is 0 Å². The maximum absolute atomic E-state index is 10.5. The Bertz CT molecular complexity index is 310. The van der Waals surface area contributed by atoms with Crippen molar-refractivity contribution in [3.63, 3.8) is 0 Å². The van der Waals surface area contributed by atoms with Crippen LogP contribution in [0.25, 0.3) is 0 Å². The number of nitrogens with two attached hydrogens (primary N) is 1. The highest BCUT2D eigenvalue weighted by Crippen LogP contribution is 1.87. The van der Waals surface area contributed by atoms with Crippen LogP contribution in [0.3, 0.4) is 0 Å². The van der Waals surface area contributed by atoms with Crippen molar-refractivity contribution in [1.82, 2.24) is 15.0 Å². The molecule has 0 saturated carbocycles. The number of rotatable bonds is 2. The number of hydrogen-bond acceptors (Lipinski definition) is 4. The minimum atomic E-state index is -0.625.